The van der Waals surface area contributed by atoms with Gasteiger partial charge in [-0.2, -0.15) is 0 Å². The van der Waals surface area contributed by atoms with E-state index in [4.69, 9.17) is 4.98 Å². The van der Waals surface area contributed by atoms with E-state index >= 15 is 0 Å². The van der Waals surface area contributed by atoms with Gasteiger partial charge in [0, 0.05) is 27.6 Å². The third-order valence-electron chi connectivity index (χ3n) is 3.36. The summed E-state index contributed by atoms with van der Waals surface area (Å²) in [7, 11) is 0. The molecule has 0 aliphatic rings. The van der Waals surface area contributed by atoms with Crippen molar-refractivity contribution in [2.75, 3.05) is 5.75 Å². The Morgan fingerprint density at radius 1 is 1.09 bits per heavy atom. The number of para-hydroxylation sites is 1. The van der Waals surface area contributed by atoms with Crippen LogP contribution in [0.5, 0.6) is 0 Å². The lowest BCUT2D eigenvalue weighted by Crippen LogP contribution is -1.96. The fourth-order valence-corrected chi connectivity index (χ4v) is 3.50. The van der Waals surface area contributed by atoms with Crippen molar-refractivity contribution in [3.8, 4) is 11.4 Å². The first-order chi connectivity index (χ1) is 11.1. The number of carbonyl (C=O) groups is 1. The molecule has 0 saturated carbocycles. The maximum absolute atomic E-state index is 11.2. The number of hydrogen-bond donors (Lipinski definition) is 0. The highest BCUT2D eigenvalue weighted by atomic mass is 79.9. The molecule has 0 aliphatic carbocycles. The van der Waals surface area contributed by atoms with Crippen LogP contribution in [0.2, 0.25) is 0 Å². The molecule has 1 heterocycles. The van der Waals surface area contributed by atoms with Gasteiger partial charge in [0.2, 0.25) is 0 Å². The Balaban J connectivity index is 2.02. The second-order valence-corrected chi connectivity index (χ2v) is 7.18. The Morgan fingerprint density at radius 3 is 2.57 bits per heavy atom. The zero-order valence-corrected chi connectivity index (χ0v) is 15.0. The summed E-state index contributed by atoms with van der Waals surface area (Å²) in [5.74, 6) is 1.64. The first-order valence-electron chi connectivity index (χ1n) is 7.28. The van der Waals surface area contributed by atoms with Crippen molar-refractivity contribution in [2.24, 2.45) is 0 Å². The fourth-order valence-electron chi connectivity index (χ4n) is 2.18. The number of nitrogens with zero attached hydrogens (tertiary/aromatic N) is 2. The monoisotopic (exact) mass is 386 g/mol. The Labute approximate surface area is 147 Å². The standard InChI is InChI=1S/C18H15BrN2OS/c1-12(22)10-11-23-18-15-4-2-3-5-16(15)20-17(21-18)13-6-8-14(19)9-7-13/h2-9H,10-11H2,1H3. The molecule has 0 atom stereocenters. The summed E-state index contributed by atoms with van der Waals surface area (Å²) in [4.78, 5) is 20.6. The summed E-state index contributed by atoms with van der Waals surface area (Å²) in [5.41, 5.74) is 1.90. The molecule has 0 aliphatic heterocycles. The normalized spacial score (nSPS) is 10.9. The number of aromatic nitrogens is 2. The molecule has 0 spiro atoms. The van der Waals surface area contributed by atoms with Crippen LogP contribution in [0.1, 0.15) is 13.3 Å². The van der Waals surface area contributed by atoms with E-state index in [1.165, 1.54) is 0 Å². The molecule has 0 saturated heterocycles. The molecule has 0 radical (unpaired) electrons. The molecule has 23 heavy (non-hydrogen) atoms. The van der Waals surface area contributed by atoms with Crippen LogP contribution in [-0.4, -0.2) is 21.5 Å². The van der Waals surface area contributed by atoms with Gasteiger partial charge in [-0.1, -0.05) is 46.3 Å². The van der Waals surface area contributed by atoms with E-state index in [1.54, 1.807) is 18.7 Å². The van der Waals surface area contributed by atoms with Crippen LogP contribution in [-0.2, 0) is 4.79 Å². The van der Waals surface area contributed by atoms with E-state index in [1.807, 2.05) is 48.5 Å². The first-order valence-corrected chi connectivity index (χ1v) is 9.06. The highest BCUT2D eigenvalue weighted by Gasteiger charge is 2.10. The molecular formula is C18H15BrN2OS. The van der Waals surface area contributed by atoms with Crippen LogP contribution in [0.25, 0.3) is 22.3 Å². The number of fused-ring (bicyclic) bond motifs is 1. The quantitative estimate of drug-likeness (QED) is 0.450. The zero-order valence-electron chi connectivity index (χ0n) is 12.6. The van der Waals surface area contributed by atoms with Crippen molar-refractivity contribution in [3.05, 3.63) is 53.0 Å². The topological polar surface area (TPSA) is 42.9 Å². The predicted molar refractivity (Wildman–Crippen MR) is 98.7 cm³/mol. The second kappa shape index (κ2) is 7.23. The maximum atomic E-state index is 11.2. The van der Waals surface area contributed by atoms with Gasteiger partial charge < -0.3 is 0 Å². The third-order valence-corrected chi connectivity index (χ3v) is 4.89. The molecule has 0 fully saturated rings. The minimum atomic E-state index is 0.198. The number of hydrogen-bond acceptors (Lipinski definition) is 4. The van der Waals surface area contributed by atoms with Gasteiger partial charge >= 0.3 is 0 Å². The molecule has 0 unspecified atom stereocenters. The molecule has 3 aromatic rings. The van der Waals surface area contributed by atoms with Crippen molar-refractivity contribution in [2.45, 2.75) is 18.4 Å². The largest absolute Gasteiger partial charge is 0.300 e. The van der Waals surface area contributed by atoms with Gasteiger partial charge in [0.15, 0.2) is 5.82 Å². The van der Waals surface area contributed by atoms with Gasteiger partial charge in [0.05, 0.1) is 5.52 Å². The van der Waals surface area contributed by atoms with Crippen molar-refractivity contribution in [1.82, 2.24) is 9.97 Å². The van der Waals surface area contributed by atoms with Crippen molar-refractivity contribution in [1.29, 1.82) is 0 Å². The van der Waals surface area contributed by atoms with Crippen molar-refractivity contribution >= 4 is 44.4 Å². The molecule has 3 rings (SSSR count). The lowest BCUT2D eigenvalue weighted by Gasteiger charge is -2.08. The minimum Gasteiger partial charge on any atom is -0.300 e. The lowest BCUT2D eigenvalue weighted by atomic mass is 10.2. The SMILES string of the molecule is CC(=O)CCSc1nc(-c2ccc(Br)cc2)nc2ccccc12. The van der Waals surface area contributed by atoms with Gasteiger partial charge in [-0.05, 0) is 25.1 Å². The van der Waals surface area contributed by atoms with Gasteiger partial charge in [0.1, 0.15) is 10.8 Å². The molecular weight excluding hydrogens is 372 g/mol. The predicted octanol–water partition coefficient (Wildman–Crippen LogP) is 5.13. The van der Waals surface area contributed by atoms with Crippen LogP contribution in [0.3, 0.4) is 0 Å². The maximum Gasteiger partial charge on any atom is 0.161 e. The third kappa shape index (κ3) is 3.98. The smallest absolute Gasteiger partial charge is 0.161 e. The average molecular weight is 387 g/mol. The molecule has 0 amide bonds. The van der Waals surface area contributed by atoms with E-state index in [9.17, 15) is 4.79 Å². The highest BCUT2D eigenvalue weighted by Crippen LogP contribution is 2.29. The summed E-state index contributed by atoms with van der Waals surface area (Å²) in [6, 6.07) is 15.9. The van der Waals surface area contributed by atoms with Gasteiger partial charge in [-0.25, -0.2) is 9.97 Å². The molecule has 1 aromatic heterocycles. The zero-order chi connectivity index (χ0) is 16.2. The number of Topliss-reactive ketones (excluding diaryl/α,β-unsaturated/α-hetero) is 1. The highest BCUT2D eigenvalue weighted by molar-refractivity contribution is 9.10. The van der Waals surface area contributed by atoms with Crippen LogP contribution in [0.15, 0.2) is 58.0 Å². The van der Waals surface area contributed by atoms with E-state index < -0.39 is 0 Å². The lowest BCUT2D eigenvalue weighted by molar-refractivity contribution is -0.116. The Hall–Kier alpha value is -1.72. The van der Waals surface area contributed by atoms with E-state index in [0.29, 0.717) is 12.2 Å². The van der Waals surface area contributed by atoms with Crippen molar-refractivity contribution < 1.29 is 4.79 Å². The minimum absolute atomic E-state index is 0.198. The second-order valence-electron chi connectivity index (χ2n) is 5.18. The summed E-state index contributed by atoms with van der Waals surface area (Å²) in [6.07, 6.45) is 0.552. The Morgan fingerprint density at radius 2 is 1.83 bits per heavy atom. The first kappa shape index (κ1) is 16.1. The molecule has 0 N–H and O–H groups in total. The summed E-state index contributed by atoms with van der Waals surface area (Å²) in [5, 5.41) is 1.96. The summed E-state index contributed by atoms with van der Waals surface area (Å²) < 4.78 is 1.03. The van der Waals surface area contributed by atoms with Gasteiger partial charge in [0.25, 0.3) is 0 Å². The fraction of sp³-hybridized carbons (Fsp3) is 0.167. The van der Waals surface area contributed by atoms with E-state index in [-0.39, 0.29) is 5.78 Å². The van der Waals surface area contributed by atoms with Crippen LogP contribution < -0.4 is 0 Å². The van der Waals surface area contributed by atoms with Crippen LogP contribution in [0, 0.1) is 0 Å². The average Bonchev–Trinajstić information content (AvgIpc) is 2.55. The number of benzene rings is 2. The van der Waals surface area contributed by atoms with Gasteiger partial charge in [-0.15, -0.1) is 11.8 Å². The number of halogens is 1. The number of thioether (sulfide) groups is 1. The van der Waals surface area contributed by atoms with E-state index in [2.05, 4.69) is 20.9 Å². The molecule has 2 aromatic carbocycles. The molecule has 0 bridgehead atoms. The molecule has 3 nitrogen and oxygen atoms in total. The van der Waals surface area contributed by atoms with Gasteiger partial charge in [-0.3, -0.25) is 4.79 Å². The summed E-state index contributed by atoms with van der Waals surface area (Å²) in [6.45, 7) is 1.62. The Kier molecular flexibility index (Phi) is 5.08. The van der Waals surface area contributed by atoms with Crippen LogP contribution >= 0.6 is 27.7 Å². The Bertz CT molecular complexity index is 849. The molecule has 5 heteroatoms. The number of rotatable bonds is 5. The summed E-state index contributed by atoms with van der Waals surface area (Å²) >= 11 is 5.05. The number of carbonyl (C=O) groups excluding carboxylic acids is 1. The van der Waals surface area contributed by atoms with Crippen LogP contribution in [0.4, 0.5) is 0 Å². The molecule has 116 valence electrons. The van der Waals surface area contributed by atoms with Crippen molar-refractivity contribution in [3.63, 3.8) is 0 Å². The number of ketones is 1. The van der Waals surface area contributed by atoms with E-state index in [0.717, 1.165) is 31.7 Å².